The van der Waals surface area contributed by atoms with Crippen molar-refractivity contribution in [3.8, 4) is 11.5 Å². The van der Waals surface area contributed by atoms with E-state index >= 15 is 0 Å². The van der Waals surface area contributed by atoms with Crippen LogP contribution in [0.4, 0.5) is 0 Å². The Bertz CT molecular complexity index is 927. The molecule has 0 aliphatic heterocycles. The van der Waals surface area contributed by atoms with Gasteiger partial charge in [0, 0.05) is 29.6 Å². The van der Waals surface area contributed by atoms with Crippen molar-refractivity contribution in [2.45, 2.75) is 39.0 Å². The third-order valence-electron chi connectivity index (χ3n) is 4.21. The molecule has 2 heterocycles. The highest BCUT2D eigenvalue weighted by Crippen LogP contribution is 2.23. The Labute approximate surface area is 161 Å². The molecule has 0 saturated carbocycles. The number of nitrogens with zero attached hydrogens (tertiary/aromatic N) is 3. The van der Waals surface area contributed by atoms with Gasteiger partial charge in [-0.3, -0.25) is 5.10 Å². The third-order valence-corrected chi connectivity index (χ3v) is 4.95. The largest absolute Gasteiger partial charge is 0.497 e. The Morgan fingerprint density at radius 1 is 1.22 bits per heavy atom. The van der Waals surface area contributed by atoms with Crippen molar-refractivity contribution in [3.05, 3.63) is 41.9 Å². The summed E-state index contributed by atoms with van der Waals surface area (Å²) >= 11 is -1.66. The van der Waals surface area contributed by atoms with Gasteiger partial charge in [-0.15, -0.1) is 10.2 Å². The smallest absolute Gasteiger partial charge is 0.288 e. The number of aromatic nitrogens is 4. The number of fused-ring (bicyclic) bond motifs is 1. The summed E-state index contributed by atoms with van der Waals surface area (Å²) in [5.41, 5.74) is 1.85. The van der Waals surface area contributed by atoms with E-state index in [1.807, 2.05) is 17.5 Å². The predicted octanol–water partition coefficient (Wildman–Crippen LogP) is 2.71. The standard InChI is InChI=1S/C18H25N5O3S/c1-12(11-19-27(24)26-14-8-6-13(25-5)7-9-14)17-21-20-16-10-15(18(2,3)4)22-23(16)17/h6-10,12,19,22H,11H2,1-5H3. The molecule has 0 radical (unpaired) electrons. The van der Waals surface area contributed by atoms with Crippen LogP contribution >= 0.6 is 0 Å². The number of aromatic amines is 1. The van der Waals surface area contributed by atoms with E-state index in [9.17, 15) is 4.21 Å². The summed E-state index contributed by atoms with van der Waals surface area (Å²) in [6.07, 6.45) is 0. The molecule has 1 aromatic carbocycles. The average molecular weight is 391 g/mol. The second-order valence-electron chi connectivity index (χ2n) is 7.41. The normalized spacial score (nSPS) is 14.3. The van der Waals surface area contributed by atoms with Gasteiger partial charge < -0.3 is 8.92 Å². The number of hydrogen-bond donors (Lipinski definition) is 2. The van der Waals surface area contributed by atoms with Gasteiger partial charge in [-0.05, 0) is 24.3 Å². The van der Waals surface area contributed by atoms with E-state index in [-0.39, 0.29) is 11.3 Å². The van der Waals surface area contributed by atoms with Crippen LogP contribution in [-0.4, -0.2) is 37.7 Å². The van der Waals surface area contributed by atoms with Gasteiger partial charge in [0.05, 0.1) is 7.11 Å². The summed E-state index contributed by atoms with van der Waals surface area (Å²) in [5.74, 6) is 1.97. The number of ether oxygens (including phenoxy) is 1. The van der Waals surface area contributed by atoms with E-state index in [0.717, 1.165) is 17.2 Å². The first-order valence-corrected chi connectivity index (χ1v) is 9.77. The molecule has 0 bridgehead atoms. The van der Waals surface area contributed by atoms with Crippen molar-refractivity contribution in [3.63, 3.8) is 0 Å². The lowest BCUT2D eigenvalue weighted by atomic mass is 9.93. The van der Waals surface area contributed by atoms with Gasteiger partial charge in [-0.25, -0.2) is 9.24 Å². The van der Waals surface area contributed by atoms with Crippen LogP contribution in [0.1, 0.15) is 45.1 Å². The molecule has 0 amide bonds. The van der Waals surface area contributed by atoms with E-state index in [0.29, 0.717) is 18.0 Å². The number of benzene rings is 1. The molecule has 9 heteroatoms. The summed E-state index contributed by atoms with van der Waals surface area (Å²) in [4.78, 5) is 0. The second-order valence-corrected chi connectivity index (χ2v) is 8.34. The molecule has 3 aromatic rings. The number of nitrogens with one attached hydrogen (secondary N) is 2. The highest BCUT2D eigenvalue weighted by Gasteiger charge is 2.21. The first-order valence-electron chi connectivity index (χ1n) is 8.70. The summed E-state index contributed by atoms with van der Waals surface area (Å²) < 4.78 is 27.3. The molecule has 2 unspecified atom stereocenters. The first-order chi connectivity index (χ1) is 12.8. The molecule has 0 aliphatic carbocycles. The lowest BCUT2D eigenvalue weighted by Gasteiger charge is -2.15. The third kappa shape index (κ3) is 4.48. The molecule has 3 rings (SSSR count). The van der Waals surface area contributed by atoms with Gasteiger partial charge in [0.2, 0.25) is 0 Å². The lowest BCUT2D eigenvalue weighted by molar-refractivity contribution is 0.414. The minimum atomic E-state index is -1.66. The van der Waals surface area contributed by atoms with Crippen LogP contribution in [0.5, 0.6) is 11.5 Å². The van der Waals surface area contributed by atoms with Crippen molar-refractivity contribution >= 4 is 16.9 Å². The SMILES string of the molecule is COc1ccc(OS(=O)NCC(C)c2nnc3cc(C(C)(C)C)[nH]n23)cc1. The fourth-order valence-electron chi connectivity index (χ4n) is 2.53. The Balaban J connectivity index is 1.61. The average Bonchev–Trinajstić information content (AvgIpc) is 3.21. The van der Waals surface area contributed by atoms with E-state index in [1.54, 1.807) is 31.4 Å². The van der Waals surface area contributed by atoms with Crippen LogP contribution in [-0.2, 0) is 16.7 Å². The van der Waals surface area contributed by atoms with Crippen molar-refractivity contribution in [1.29, 1.82) is 0 Å². The first kappa shape index (κ1) is 19.4. The van der Waals surface area contributed by atoms with E-state index < -0.39 is 11.3 Å². The molecule has 2 atom stereocenters. The number of H-pyrrole nitrogens is 1. The van der Waals surface area contributed by atoms with Crippen molar-refractivity contribution in [2.24, 2.45) is 0 Å². The molecule has 0 saturated heterocycles. The van der Waals surface area contributed by atoms with Crippen molar-refractivity contribution < 1.29 is 13.1 Å². The minimum absolute atomic E-state index is 0.00679. The Morgan fingerprint density at radius 2 is 1.89 bits per heavy atom. The van der Waals surface area contributed by atoms with Crippen LogP contribution < -0.4 is 13.6 Å². The van der Waals surface area contributed by atoms with Gasteiger partial charge in [-0.2, -0.15) is 4.21 Å². The monoisotopic (exact) mass is 391 g/mol. The summed E-state index contributed by atoms with van der Waals surface area (Å²) in [5, 5.41) is 11.8. The number of rotatable bonds is 7. The zero-order chi connectivity index (χ0) is 19.6. The van der Waals surface area contributed by atoms with Crippen LogP contribution in [0, 0.1) is 0 Å². The minimum Gasteiger partial charge on any atom is -0.497 e. The zero-order valence-electron chi connectivity index (χ0n) is 16.1. The summed E-state index contributed by atoms with van der Waals surface area (Å²) in [6, 6.07) is 8.91. The number of hydrogen-bond acceptors (Lipinski definition) is 5. The molecule has 8 nitrogen and oxygen atoms in total. The molecule has 0 aliphatic rings. The van der Waals surface area contributed by atoms with Gasteiger partial charge in [0.1, 0.15) is 11.5 Å². The highest BCUT2D eigenvalue weighted by atomic mass is 32.2. The number of methoxy groups -OCH3 is 1. The maximum atomic E-state index is 12.1. The molecule has 27 heavy (non-hydrogen) atoms. The second kappa shape index (κ2) is 7.69. The maximum Gasteiger partial charge on any atom is 0.288 e. The van der Waals surface area contributed by atoms with Crippen LogP contribution in [0.25, 0.3) is 5.65 Å². The summed E-state index contributed by atoms with van der Waals surface area (Å²) in [6.45, 7) is 8.82. The maximum absolute atomic E-state index is 12.1. The van der Waals surface area contributed by atoms with Crippen molar-refractivity contribution in [2.75, 3.05) is 13.7 Å². The molecular weight excluding hydrogens is 366 g/mol. The van der Waals surface area contributed by atoms with E-state index in [2.05, 4.69) is 40.8 Å². The van der Waals surface area contributed by atoms with Gasteiger partial charge in [-0.1, -0.05) is 27.7 Å². The fourth-order valence-corrected chi connectivity index (χ4v) is 3.27. The molecular formula is C18H25N5O3S. The lowest BCUT2D eigenvalue weighted by Crippen LogP contribution is -2.26. The van der Waals surface area contributed by atoms with E-state index in [4.69, 9.17) is 8.92 Å². The molecule has 0 spiro atoms. The van der Waals surface area contributed by atoms with Crippen LogP contribution in [0.3, 0.4) is 0 Å². The highest BCUT2D eigenvalue weighted by molar-refractivity contribution is 7.78. The zero-order valence-corrected chi connectivity index (χ0v) is 17.0. The quantitative estimate of drug-likeness (QED) is 0.646. The van der Waals surface area contributed by atoms with Gasteiger partial charge >= 0.3 is 0 Å². The van der Waals surface area contributed by atoms with Gasteiger partial charge in [0.15, 0.2) is 11.5 Å². The Morgan fingerprint density at radius 3 is 2.52 bits per heavy atom. The fraction of sp³-hybridized carbons (Fsp3) is 0.444. The molecule has 146 valence electrons. The van der Waals surface area contributed by atoms with Crippen LogP contribution in [0.2, 0.25) is 0 Å². The Hall–Kier alpha value is -2.39. The van der Waals surface area contributed by atoms with Gasteiger partial charge in [0.25, 0.3) is 11.3 Å². The van der Waals surface area contributed by atoms with Crippen molar-refractivity contribution in [1.82, 2.24) is 24.5 Å². The molecule has 2 aromatic heterocycles. The predicted molar refractivity (Wildman–Crippen MR) is 104 cm³/mol. The molecule has 2 N–H and O–H groups in total. The molecule has 0 fully saturated rings. The topological polar surface area (TPSA) is 93.5 Å². The summed E-state index contributed by atoms with van der Waals surface area (Å²) in [7, 11) is 1.59. The van der Waals surface area contributed by atoms with E-state index in [1.165, 1.54) is 0 Å². The Kier molecular flexibility index (Phi) is 5.52. The van der Waals surface area contributed by atoms with Crippen LogP contribution in [0.15, 0.2) is 30.3 Å².